The maximum atomic E-state index is 12.2. The molecule has 0 aromatic heterocycles. The lowest BCUT2D eigenvalue weighted by Gasteiger charge is -2.21. The molecule has 0 aliphatic carbocycles. The first-order valence-corrected chi connectivity index (χ1v) is 8.52. The number of hydrogen-bond acceptors (Lipinski definition) is 3. The van der Waals surface area contributed by atoms with Crippen LogP contribution in [0.15, 0.2) is 29.2 Å². The van der Waals surface area contributed by atoms with Gasteiger partial charge in [-0.2, -0.15) is 0 Å². The Kier molecular flexibility index (Phi) is 5.53. The molecule has 1 amide bonds. The van der Waals surface area contributed by atoms with Gasteiger partial charge in [0.05, 0.1) is 4.90 Å². The van der Waals surface area contributed by atoms with Crippen LogP contribution in [0.2, 0.25) is 0 Å². The normalized spacial score (nSPS) is 12.2. The van der Waals surface area contributed by atoms with Gasteiger partial charge in [0.2, 0.25) is 10.0 Å². The van der Waals surface area contributed by atoms with Gasteiger partial charge in [0.25, 0.3) is 5.91 Å². The fourth-order valence-electron chi connectivity index (χ4n) is 1.93. The minimum absolute atomic E-state index is 0.0901. The molecule has 6 heteroatoms. The van der Waals surface area contributed by atoms with Gasteiger partial charge in [0, 0.05) is 24.2 Å². The monoisotopic (exact) mass is 312 g/mol. The van der Waals surface area contributed by atoms with Crippen molar-refractivity contribution in [2.45, 2.75) is 45.1 Å². The topological polar surface area (TPSA) is 66.5 Å². The lowest BCUT2D eigenvalue weighted by molar-refractivity contribution is 0.0773. The summed E-state index contributed by atoms with van der Waals surface area (Å²) in [7, 11) is -3.57. The molecule has 0 radical (unpaired) electrons. The van der Waals surface area contributed by atoms with Crippen molar-refractivity contribution < 1.29 is 13.2 Å². The van der Waals surface area contributed by atoms with E-state index in [9.17, 15) is 13.2 Å². The van der Waals surface area contributed by atoms with E-state index in [1.54, 1.807) is 37.8 Å². The summed E-state index contributed by atoms with van der Waals surface area (Å²) in [5.41, 5.74) is -0.0532. The Hall–Kier alpha value is -1.40. The van der Waals surface area contributed by atoms with Gasteiger partial charge in [-0.1, -0.05) is 0 Å². The summed E-state index contributed by atoms with van der Waals surface area (Å²) in [6, 6.07) is 6.03. The van der Waals surface area contributed by atoms with Gasteiger partial charge >= 0.3 is 0 Å². The zero-order valence-electron chi connectivity index (χ0n) is 13.3. The first-order valence-electron chi connectivity index (χ1n) is 7.04. The zero-order valence-corrected chi connectivity index (χ0v) is 14.1. The van der Waals surface area contributed by atoms with Crippen molar-refractivity contribution in [2.75, 3.05) is 13.1 Å². The molecule has 0 atom stereocenters. The van der Waals surface area contributed by atoms with Crippen LogP contribution in [0.4, 0.5) is 0 Å². The standard InChI is InChI=1S/C15H24N2O3S/c1-6-17(7-2)14(18)12-8-10-13(11-9-12)21(19,20)16-15(3,4)5/h8-11,16H,6-7H2,1-5H3. The van der Waals surface area contributed by atoms with E-state index in [1.165, 1.54) is 12.1 Å². The van der Waals surface area contributed by atoms with Crippen LogP contribution in [0.25, 0.3) is 0 Å². The van der Waals surface area contributed by atoms with E-state index in [0.717, 1.165) is 0 Å². The zero-order chi connectivity index (χ0) is 16.3. The third kappa shape index (κ3) is 4.82. The molecule has 1 aromatic rings. The predicted molar refractivity (Wildman–Crippen MR) is 83.8 cm³/mol. The SMILES string of the molecule is CCN(CC)C(=O)c1ccc(S(=O)(=O)NC(C)(C)C)cc1. The van der Waals surface area contributed by atoms with E-state index >= 15 is 0 Å². The number of carbonyl (C=O) groups excluding carboxylic acids is 1. The summed E-state index contributed by atoms with van der Waals surface area (Å²) >= 11 is 0. The van der Waals surface area contributed by atoms with E-state index < -0.39 is 15.6 Å². The van der Waals surface area contributed by atoms with E-state index in [0.29, 0.717) is 18.7 Å². The van der Waals surface area contributed by atoms with Gasteiger partial charge in [-0.15, -0.1) is 0 Å². The molecule has 0 spiro atoms. The number of sulfonamides is 1. The van der Waals surface area contributed by atoms with E-state index in [1.807, 2.05) is 13.8 Å². The van der Waals surface area contributed by atoms with Crippen molar-refractivity contribution in [3.63, 3.8) is 0 Å². The summed E-state index contributed by atoms with van der Waals surface area (Å²) in [4.78, 5) is 14.0. The lowest BCUT2D eigenvalue weighted by Crippen LogP contribution is -2.40. The van der Waals surface area contributed by atoms with Crippen LogP contribution in [0.1, 0.15) is 45.0 Å². The average molecular weight is 312 g/mol. The Bertz CT molecular complexity index is 582. The Morgan fingerprint density at radius 1 is 1.10 bits per heavy atom. The van der Waals surface area contributed by atoms with Gasteiger partial charge in [-0.25, -0.2) is 13.1 Å². The highest BCUT2D eigenvalue weighted by atomic mass is 32.2. The fourth-order valence-corrected chi connectivity index (χ4v) is 3.35. The van der Waals surface area contributed by atoms with Gasteiger partial charge in [0.15, 0.2) is 0 Å². The molecule has 1 rings (SSSR count). The van der Waals surface area contributed by atoms with Crippen molar-refractivity contribution in [3.8, 4) is 0 Å². The number of nitrogens with one attached hydrogen (secondary N) is 1. The summed E-state index contributed by atoms with van der Waals surface area (Å²) in [5, 5.41) is 0. The molecular formula is C15H24N2O3S. The minimum Gasteiger partial charge on any atom is -0.339 e. The third-order valence-electron chi connectivity index (χ3n) is 2.90. The Labute approximate surface area is 127 Å². The van der Waals surface area contributed by atoms with Crippen LogP contribution in [0.5, 0.6) is 0 Å². The second-order valence-electron chi connectivity index (χ2n) is 5.86. The Balaban J connectivity index is 3.00. The number of amides is 1. The van der Waals surface area contributed by atoms with Crippen LogP contribution in [0.3, 0.4) is 0 Å². The van der Waals surface area contributed by atoms with Crippen molar-refractivity contribution >= 4 is 15.9 Å². The van der Waals surface area contributed by atoms with Crippen molar-refractivity contribution in [1.82, 2.24) is 9.62 Å². The summed E-state index contributed by atoms with van der Waals surface area (Å²) in [6.07, 6.45) is 0. The third-order valence-corrected chi connectivity index (χ3v) is 4.68. The quantitative estimate of drug-likeness (QED) is 0.907. The fraction of sp³-hybridized carbons (Fsp3) is 0.533. The van der Waals surface area contributed by atoms with Gasteiger partial charge in [-0.3, -0.25) is 4.79 Å². The number of carbonyl (C=O) groups is 1. The maximum absolute atomic E-state index is 12.2. The number of rotatable bonds is 5. The molecule has 0 unspecified atom stereocenters. The first-order chi connectivity index (χ1) is 9.60. The molecule has 0 bridgehead atoms. The summed E-state index contributed by atoms with van der Waals surface area (Å²) in [6.45, 7) is 10.4. The van der Waals surface area contributed by atoms with Gasteiger partial charge in [-0.05, 0) is 58.9 Å². The molecule has 0 aliphatic heterocycles. The molecule has 1 aromatic carbocycles. The van der Waals surface area contributed by atoms with Gasteiger partial charge < -0.3 is 4.90 Å². The van der Waals surface area contributed by atoms with E-state index in [4.69, 9.17) is 0 Å². The van der Waals surface area contributed by atoms with Crippen molar-refractivity contribution in [1.29, 1.82) is 0 Å². The minimum atomic E-state index is -3.57. The van der Waals surface area contributed by atoms with Crippen LogP contribution in [0, 0.1) is 0 Å². The molecule has 0 saturated carbocycles. The molecule has 21 heavy (non-hydrogen) atoms. The Morgan fingerprint density at radius 2 is 1.57 bits per heavy atom. The number of hydrogen-bond donors (Lipinski definition) is 1. The number of nitrogens with zero attached hydrogens (tertiary/aromatic N) is 1. The second-order valence-corrected chi connectivity index (χ2v) is 7.54. The summed E-state index contributed by atoms with van der Waals surface area (Å²) < 4.78 is 26.9. The molecule has 0 saturated heterocycles. The van der Waals surface area contributed by atoms with Crippen LogP contribution in [-0.4, -0.2) is 37.9 Å². The molecule has 0 aliphatic rings. The maximum Gasteiger partial charge on any atom is 0.253 e. The average Bonchev–Trinajstić information content (AvgIpc) is 2.37. The van der Waals surface area contributed by atoms with Crippen LogP contribution >= 0.6 is 0 Å². The molecule has 0 fully saturated rings. The highest BCUT2D eigenvalue weighted by molar-refractivity contribution is 7.89. The molecule has 1 N–H and O–H groups in total. The van der Waals surface area contributed by atoms with Crippen molar-refractivity contribution in [2.24, 2.45) is 0 Å². The predicted octanol–water partition coefficient (Wildman–Crippen LogP) is 2.25. The Morgan fingerprint density at radius 3 is 1.95 bits per heavy atom. The molecule has 0 heterocycles. The van der Waals surface area contributed by atoms with Gasteiger partial charge in [0.1, 0.15) is 0 Å². The molecule has 5 nitrogen and oxygen atoms in total. The largest absolute Gasteiger partial charge is 0.339 e. The van der Waals surface area contributed by atoms with Crippen LogP contribution < -0.4 is 4.72 Å². The second kappa shape index (κ2) is 6.58. The highest BCUT2D eigenvalue weighted by Crippen LogP contribution is 2.15. The number of benzene rings is 1. The smallest absolute Gasteiger partial charge is 0.253 e. The summed E-state index contributed by atoms with van der Waals surface area (Å²) in [5.74, 6) is -0.0901. The highest BCUT2D eigenvalue weighted by Gasteiger charge is 2.22. The molecular weight excluding hydrogens is 288 g/mol. The van der Waals surface area contributed by atoms with Crippen LogP contribution in [-0.2, 0) is 10.0 Å². The van der Waals surface area contributed by atoms with Crippen molar-refractivity contribution in [3.05, 3.63) is 29.8 Å². The van der Waals surface area contributed by atoms with E-state index in [-0.39, 0.29) is 10.8 Å². The molecule has 118 valence electrons. The van der Waals surface area contributed by atoms with E-state index in [2.05, 4.69) is 4.72 Å². The first kappa shape index (κ1) is 17.7. The lowest BCUT2D eigenvalue weighted by atomic mass is 10.1.